The Kier molecular flexibility index (Phi) is 5.71. The van der Waals surface area contributed by atoms with Crippen LogP contribution in [0.4, 0.5) is 5.69 Å². The quantitative estimate of drug-likeness (QED) is 0.831. The third kappa shape index (κ3) is 4.12. The molecule has 1 aromatic rings. The predicted molar refractivity (Wildman–Crippen MR) is 95.2 cm³/mol. The van der Waals surface area contributed by atoms with Crippen molar-refractivity contribution in [1.29, 1.82) is 0 Å². The average Bonchev–Trinajstić information content (AvgIpc) is 2.68. The van der Waals surface area contributed by atoms with Crippen molar-refractivity contribution in [3.05, 3.63) is 42.0 Å². The number of aliphatic carboxylic acids is 1. The summed E-state index contributed by atoms with van der Waals surface area (Å²) in [5, 5.41) is 14.0. The number of carboxylic acids is 1. The molecule has 1 aliphatic carbocycles. The molecule has 0 spiro atoms. The fourth-order valence-electron chi connectivity index (χ4n) is 3.58. The zero-order valence-electron chi connectivity index (χ0n) is 14.6. The SMILES string of the molecule is O=C([O-])[C@H]1CC=CC[C@H]1C(=O)Nc1ccc(C(=O)N2CCCCC2)cc1. The highest BCUT2D eigenvalue weighted by atomic mass is 16.4. The summed E-state index contributed by atoms with van der Waals surface area (Å²) in [6, 6.07) is 6.76. The first kappa shape index (κ1) is 18.2. The van der Waals surface area contributed by atoms with Crippen LogP contribution in [0.5, 0.6) is 0 Å². The van der Waals surface area contributed by atoms with Gasteiger partial charge >= 0.3 is 0 Å². The Morgan fingerprint density at radius 1 is 0.923 bits per heavy atom. The second kappa shape index (κ2) is 8.17. The Balaban J connectivity index is 1.63. The number of likely N-dealkylation sites (tertiary alicyclic amines) is 1. The van der Waals surface area contributed by atoms with E-state index in [0.717, 1.165) is 32.4 Å². The molecule has 138 valence electrons. The van der Waals surface area contributed by atoms with Crippen molar-refractivity contribution >= 4 is 23.5 Å². The van der Waals surface area contributed by atoms with Crippen LogP contribution in [-0.4, -0.2) is 35.8 Å². The number of benzene rings is 1. The number of rotatable bonds is 4. The molecule has 0 radical (unpaired) electrons. The lowest BCUT2D eigenvalue weighted by atomic mass is 9.82. The van der Waals surface area contributed by atoms with Crippen LogP contribution in [0.25, 0.3) is 0 Å². The number of hydrogen-bond donors (Lipinski definition) is 1. The molecule has 6 heteroatoms. The number of nitrogens with zero attached hydrogens (tertiary/aromatic N) is 1. The number of allylic oxidation sites excluding steroid dienone is 2. The third-order valence-electron chi connectivity index (χ3n) is 5.11. The van der Waals surface area contributed by atoms with Gasteiger partial charge in [-0.1, -0.05) is 12.2 Å². The van der Waals surface area contributed by atoms with Gasteiger partial charge in [-0.15, -0.1) is 0 Å². The zero-order valence-corrected chi connectivity index (χ0v) is 14.6. The minimum Gasteiger partial charge on any atom is -0.550 e. The van der Waals surface area contributed by atoms with Crippen LogP contribution in [0.15, 0.2) is 36.4 Å². The molecule has 2 atom stereocenters. The van der Waals surface area contributed by atoms with Gasteiger partial charge in [0.25, 0.3) is 5.91 Å². The van der Waals surface area contributed by atoms with E-state index < -0.39 is 17.8 Å². The first-order valence-electron chi connectivity index (χ1n) is 9.12. The van der Waals surface area contributed by atoms with Gasteiger partial charge in [0.05, 0.1) is 5.92 Å². The van der Waals surface area contributed by atoms with Gasteiger partial charge in [0.2, 0.25) is 5.91 Å². The topological polar surface area (TPSA) is 89.5 Å². The molecule has 3 rings (SSSR count). The van der Waals surface area contributed by atoms with E-state index in [9.17, 15) is 19.5 Å². The van der Waals surface area contributed by atoms with Crippen LogP contribution in [0.3, 0.4) is 0 Å². The van der Waals surface area contributed by atoms with Gasteiger partial charge in [-0.2, -0.15) is 0 Å². The number of nitrogens with one attached hydrogen (secondary N) is 1. The largest absolute Gasteiger partial charge is 0.550 e. The highest BCUT2D eigenvalue weighted by molar-refractivity contribution is 5.97. The summed E-state index contributed by atoms with van der Waals surface area (Å²) >= 11 is 0. The highest BCUT2D eigenvalue weighted by Crippen LogP contribution is 2.26. The molecule has 2 amide bonds. The summed E-state index contributed by atoms with van der Waals surface area (Å²) in [6.45, 7) is 1.58. The van der Waals surface area contributed by atoms with E-state index >= 15 is 0 Å². The average molecular weight is 355 g/mol. The second-order valence-electron chi connectivity index (χ2n) is 6.89. The molecular weight excluding hydrogens is 332 g/mol. The van der Waals surface area contributed by atoms with Gasteiger partial charge in [-0.05, 0) is 56.4 Å². The normalized spacial score (nSPS) is 22.7. The third-order valence-corrected chi connectivity index (χ3v) is 5.11. The molecule has 0 aromatic heterocycles. The maximum absolute atomic E-state index is 12.5. The molecule has 0 saturated carbocycles. The molecule has 2 aliphatic rings. The standard InChI is InChI=1S/C20H24N2O4/c23-18(16-6-2-3-7-17(16)20(25)26)21-15-10-8-14(9-11-15)19(24)22-12-4-1-5-13-22/h2-3,8-11,16-17H,1,4-7,12-13H2,(H,21,23)(H,25,26)/p-1/t16-,17+/m1/s1. The van der Waals surface area contributed by atoms with Gasteiger partial charge in [-0.3, -0.25) is 9.59 Å². The summed E-state index contributed by atoms with van der Waals surface area (Å²) in [4.78, 5) is 38.0. The van der Waals surface area contributed by atoms with Crippen molar-refractivity contribution in [2.75, 3.05) is 18.4 Å². The van der Waals surface area contributed by atoms with Crippen LogP contribution < -0.4 is 10.4 Å². The number of piperidine rings is 1. The minimum atomic E-state index is -1.20. The van der Waals surface area contributed by atoms with Crippen LogP contribution in [0.1, 0.15) is 42.5 Å². The number of carbonyl (C=O) groups is 3. The maximum Gasteiger partial charge on any atom is 0.253 e. The Bertz CT molecular complexity index is 705. The monoisotopic (exact) mass is 355 g/mol. The molecule has 0 bridgehead atoms. The van der Waals surface area contributed by atoms with Gasteiger partial charge in [0, 0.05) is 36.2 Å². The van der Waals surface area contributed by atoms with Crippen molar-refractivity contribution in [1.82, 2.24) is 4.90 Å². The van der Waals surface area contributed by atoms with Crippen molar-refractivity contribution in [3.63, 3.8) is 0 Å². The molecule has 26 heavy (non-hydrogen) atoms. The van der Waals surface area contributed by atoms with E-state index in [0.29, 0.717) is 24.1 Å². The lowest BCUT2D eigenvalue weighted by Gasteiger charge is -2.28. The molecule has 1 saturated heterocycles. The molecular formula is C20H23N2O4-. The number of hydrogen-bond acceptors (Lipinski definition) is 4. The van der Waals surface area contributed by atoms with Crippen LogP contribution in [0, 0.1) is 11.8 Å². The van der Waals surface area contributed by atoms with Crippen molar-refractivity contribution in [3.8, 4) is 0 Å². The Morgan fingerprint density at radius 3 is 2.15 bits per heavy atom. The van der Waals surface area contributed by atoms with Crippen molar-refractivity contribution in [2.45, 2.75) is 32.1 Å². The zero-order chi connectivity index (χ0) is 18.5. The van der Waals surface area contributed by atoms with E-state index in [2.05, 4.69) is 5.32 Å². The molecule has 1 aliphatic heterocycles. The molecule has 1 heterocycles. The summed E-state index contributed by atoms with van der Waals surface area (Å²) in [6.07, 6.45) is 7.53. The number of anilines is 1. The van der Waals surface area contributed by atoms with Gasteiger partial charge in [0.15, 0.2) is 0 Å². The number of carboxylic acid groups (broad SMARTS) is 1. The second-order valence-corrected chi connectivity index (χ2v) is 6.89. The van der Waals surface area contributed by atoms with E-state index in [1.165, 1.54) is 0 Å². The summed E-state index contributed by atoms with van der Waals surface area (Å²) < 4.78 is 0. The van der Waals surface area contributed by atoms with E-state index in [1.807, 2.05) is 11.0 Å². The highest BCUT2D eigenvalue weighted by Gasteiger charge is 2.29. The minimum absolute atomic E-state index is 0.0111. The van der Waals surface area contributed by atoms with Crippen LogP contribution in [0.2, 0.25) is 0 Å². The van der Waals surface area contributed by atoms with E-state index in [4.69, 9.17) is 0 Å². The first-order chi connectivity index (χ1) is 12.6. The number of amides is 2. The Hall–Kier alpha value is -2.63. The number of carbonyl (C=O) groups excluding carboxylic acids is 3. The molecule has 0 unspecified atom stereocenters. The van der Waals surface area contributed by atoms with E-state index in [-0.39, 0.29) is 11.8 Å². The molecule has 1 N–H and O–H groups in total. The van der Waals surface area contributed by atoms with Crippen LogP contribution in [-0.2, 0) is 9.59 Å². The Labute approximate surface area is 152 Å². The summed E-state index contributed by atoms with van der Waals surface area (Å²) in [5.41, 5.74) is 1.15. The van der Waals surface area contributed by atoms with Crippen molar-refractivity contribution in [2.24, 2.45) is 11.8 Å². The van der Waals surface area contributed by atoms with Gasteiger partial charge in [0.1, 0.15) is 0 Å². The van der Waals surface area contributed by atoms with Crippen LogP contribution >= 0.6 is 0 Å². The molecule has 6 nitrogen and oxygen atoms in total. The van der Waals surface area contributed by atoms with Gasteiger partial charge < -0.3 is 20.1 Å². The molecule has 1 aromatic carbocycles. The lowest BCUT2D eigenvalue weighted by molar-refractivity contribution is -0.313. The fraction of sp³-hybridized carbons (Fsp3) is 0.450. The van der Waals surface area contributed by atoms with Gasteiger partial charge in [-0.25, -0.2) is 0 Å². The van der Waals surface area contributed by atoms with E-state index in [1.54, 1.807) is 30.3 Å². The molecule has 1 fully saturated rings. The fourth-order valence-corrected chi connectivity index (χ4v) is 3.58. The first-order valence-corrected chi connectivity index (χ1v) is 9.12. The summed E-state index contributed by atoms with van der Waals surface area (Å²) in [7, 11) is 0. The summed E-state index contributed by atoms with van der Waals surface area (Å²) in [5.74, 6) is -2.97. The van der Waals surface area contributed by atoms with Crippen molar-refractivity contribution < 1.29 is 19.5 Å². The Morgan fingerprint density at radius 2 is 1.54 bits per heavy atom. The maximum atomic E-state index is 12.5. The smallest absolute Gasteiger partial charge is 0.253 e. The predicted octanol–water partition coefficient (Wildman–Crippen LogP) is 1.58. The lowest BCUT2D eigenvalue weighted by Crippen LogP contribution is -2.41.